The number of benzene rings is 1. The van der Waals surface area contributed by atoms with Gasteiger partial charge in [0.1, 0.15) is 28.7 Å². The monoisotopic (exact) mass is 381 g/mol. The predicted molar refractivity (Wildman–Crippen MR) is 90.2 cm³/mol. The van der Waals surface area contributed by atoms with Crippen molar-refractivity contribution in [2.45, 2.75) is 26.3 Å². The first-order valence-corrected chi connectivity index (χ1v) is 7.66. The summed E-state index contributed by atoms with van der Waals surface area (Å²) >= 11 is 3.09. The molecule has 0 bridgehead atoms. The van der Waals surface area contributed by atoms with Gasteiger partial charge in [-0.15, -0.1) is 0 Å². The van der Waals surface area contributed by atoms with Crippen LogP contribution in [0.3, 0.4) is 0 Å². The minimum Gasteiger partial charge on any atom is -0.507 e. The lowest BCUT2D eigenvalue weighted by atomic mass is 10.0. The third kappa shape index (κ3) is 4.19. The smallest absolute Gasteiger partial charge is 0.143 e. The predicted octanol–water partition coefficient (Wildman–Crippen LogP) is 3.53. The Morgan fingerprint density at radius 1 is 1.26 bits per heavy atom. The number of aromatic hydroxyl groups is 2. The second-order valence-corrected chi connectivity index (χ2v) is 6.83. The SMILES string of the molecule is CC(C)(C)N/N=C(\c1cc(Br)c(F)cc1O)c1ncccc1O. The minimum atomic E-state index is -0.598. The maximum atomic E-state index is 13.6. The summed E-state index contributed by atoms with van der Waals surface area (Å²) in [5.74, 6) is -0.994. The van der Waals surface area contributed by atoms with Crippen molar-refractivity contribution in [1.82, 2.24) is 10.4 Å². The van der Waals surface area contributed by atoms with Gasteiger partial charge in [0.15, 0.2) is 0 Å². The molecule has 1 heterocycles. The van der Waals surface area contributed by atoms with Crippen LogP contribution in [0.1, 0.15) is 32.0 Å². The van der Waals surface area contributed by atoms with Crippen LogP contribution in [0, 0.1) is 5.82 Å². The van der Waals surface area contributed by atoms with Crippen molar-refractivity contribution in [3.05, 3.63) is 52.0 Å². The average Bonchev–Trinajstić information content (AvgIpc) is 2.45. The quantitative estimate of drug-likeness (QED) is 0.561. The number of nitrogens with zero attached hydrogens (tertiary/aromatic N) is 2. The third-order valence-electron chi connectivity index (χ3n) is 2.81. The molecule has 2 aromatic rings. The van der Waals surface area contributed by atoms with E-state index in [9.17, 15) is 14.6 Å². The number of pyridine rings is 1. The Kier molecular flexibility index (Phi) is 4.89. The van der Waals surface area contributed by atoms with Gasteiger partial charge in [0.05, 0.1) is 4.47 Å². The van der Waals surface area contributed by atoms with Crippen LogP contribution < -0.4 is 5.43 Å². The van der Waals surface area contributed by atoms with Crippen LogP contribution in [-0.4, -0.2) is 26.4 Å². The number of hydrazone groups is 1. The van der Waals surface area contributed by atoms with Gasteiger partial charge in [-0.25, -0.2) is 4.39 Å². The van der Waals surface area contributed by atoms with E-state index in [1.54, 1.807) is 6.07 Å². The molecule has 0 saturated heterocycles. The molecule has 1 aromatic heterocycles. The van der Waals surface area contributed by atoms with E-state index in [2.05, 4.69) is 31.4 Å². The summed E-state index contributed by atoms with van der Waals surface area (Å²) in [6, 6.07) is 5.41. The fourth-order valence-corrected chi connectivity index (χ4v) is 2.11. The summed E-state index contributed by atoms with van der Waals surface area (Å²) in [4.78, 5) is 4.11. The zero-order chi connectivity index (χ0) is 17.2. The summed E-state index contributed by atoms with van der Waals surface area (Å²) in [7, 11) is 0. The van der Waals surface area contributed by atoms with E-state index in [1.165, 1.54) is 18.3 Å². The molecule has 0 aliphatic carbocycles. The van der Waals surface area contributed by atoms with Crippen LogP contribution in [0.2, 0.25) is 0 Å². The molecule has 0 aliphatic rings. The fourth-order valence-electron chi connectivity index (χ4n) is 1.77. The van der Waals surface area contributed by atoms with Gasteiger partial charge in [0.25, 0.3) is 0 Å². The molecule has 122 valence electrons. The molecule has 1 aromatic carbocycles. The number of nitrogens with one attached hydrogen (secondary N) is 1. The third-order valence-corrected chi connectivity index (χ3v) is 3.42. The van der Waals surface area contributed by atoms with Gasteiger partial charge >= 0.3 is 0 Å². The van der Waals surface area contributed by atoms with Gasteiger partial charge in [-0.3, -0.25) is 4.98 Å². The van der Waals surface area contributed by atoms with Crippen LogP contribution >= 0.6 is 15.9 Å². The molecule has 0 radical (unpaired) electrons. The Bertz CT molecular complexity index is 757. The van der Waals surface area contributed by atoms with Crippen LogP contribution in [0.4, 0.5) is 4.39 Å². The molecule has 0 amide bonds. The summed E-state index contributed by atoms with van der Waals surface area (Å²) in [6.45, 7) is 5.73. The zero-order valence-electron chi connectivity index (χ0n) is 12.9. The summed E-state index contributed by atoms with van der Waals surface area (Å²) in [6.07, 6.45) is 1.50. The number of hydrogen-bond acceptors (Lipinski definition) is 5. The van der Waals surface area contributed by atoms with Crippen molar-refractivity contribution in [2.75, 3.05) is 0 Å². The Balaban J connectivity index is 2.64. The van der Waals surface area contributed by atoms with E-state index in [0.717, 1.165) is 6.07 Å². The first kappa shape index (κ1) is 17.2. The number of rotatable bonds is 3. The first-order chi connectivity index (χ1) is 10.7. The minimum absolute atomic E-state index is 0.0955. The normalized spacial score (nSPS) is 12.3. The standard InChI is InChI=1S/C16H17BrFN3O2/c1-16(2,3)21-20-14(15-12(22)5-4-6-19-15)9-7-10(17)11(18)8-13(9)23/h4-8,21-23H,1-3H3/b20-14+. The number of phenols is 1. The zero-order valence-corrected chi connectivity index (χ0v) is 14.5. The molecule has 0 aliphatic heterocycles. The Morgan fingerprint density at radius 3 is 2.57 bits per heavy atom. The lowest BCUT2D eigenvalue weighted by molar-refractivity contribution is 0.439. The highest BCUT2D eigenvalue weighted by molar-refractivity contribution is 9.10. The van der Waals surface area contributed by atoms with Crippen molar-refractivity contribution in [3.63, 3.8) is 0 Å². The highest BCUT2D eigenvalue weighted by Crippen LogP contribution is 2.29. The molecule has 5 nitrogen and oxygen atoms in total. The Morgan fingerprint density at radius 2 is 1.96 bits per heavy atom. The summed E-state index contributed by atoms with van der Waals surface area (Å²) in [5.41, 5.74) is 3.20. The second-order valence-electron chi connectivity index (χ2n) is 5.98. The van der Waals surface area contributed by atoms with Gasteiger partial charge < -0.3 is 15.6 Å². The lowest BCUT2D eigenvalue weighted by Gasteiger charge is -2.19. The lowest BCUT2D eigenvalue weighted by Crippen LogP contribution is -2.32. The van der Waals surface area contributed by atoms with Gasteiger partial charge in [0, 0.05) is 23.4 Å². The Hall–Kier alpha value is -2.15. The maximum absolute atomic E-state index is 13.6. The number of phenolic OH excluding ortho intramolecular Hbond substituents is 1. The van der Waals surface area contributed by atoms with Crippen molar-refractivity contribution >= 4 is 21.6 Å². The van der Waals surface area contributed by atoms with Crippen LogP contribution in [0.5, 0.6) is 11.5 Å². The van der Waals surface area contributed by atoms with Gasteiger partial charge in [0.2, 0.25) is 0 Å². The van der Waals surface area contributed by atoms with E-state index in [0.29, 0.717) is 0 Å². The summed E-state index contributed by atoms with van der Waals surface area (Å²) in [5, 5.41) is 24.4. The van der Waals surface area contributed by atoms with E-state index in [1.807, 2.05) is 20.8 Å². The molecule has 0 unspecified atom stereocenters. The molecular weight excluding hydrogens is 365 g/mol. The number of halogens is 2. The fraction of sp³-hybridized carbons (Fsp3) is 0.250. The van der Waals surface area contributed by atoms with E-state index in [4.69, 9.17) is 0 Å². The van der Waals surface area contributed by atoms with Crippen LogP contribution in [0.15, 0.2) is 40.0 Å². The van der Waals surface area contributed by atoms with E-state index in [-0.39, 0.29) is 38.5 Å². The molecule has 7 heteroatoms. The van der Waals surface area contributed by atoms with Crippen molar-refractivity contribution in [3.8, 4) is 11.5 Å². The van der Waals surface area contributed by atoms with E-state index < -0.39 is 5.82 Å². The highest BCUT2D eigenvalue weighted by Gasteiger charge is 2.20. The molecule has 0 spiro atoms. The van der Waals surface area contributed by atoms with Gasteiger partial charge in [-0.2, -0.15) is 5.10 Å². The molecule has 23 heavy (non-hydrogen) atoms. The largest absolute Gasteiger partial charge is 0.507 e. The second kappa shape index (κ2) is 6.54. The molecular formula is C16H17BrFN3O2. The topological polar surface area (TPSA) is 77.7 Å². The van der Waals surface area contributed by atoms with E-state index >= 15 is 0 Å². The van der Waals surface area contributed by atoms with Gasteiger partial charge in [-0.05, 0) is 54.9 Å². The maximum Gasteiger partial charge on any atom is 0.143 e. The number of aromatic nitrogens is 1. The molecule has 2 rings (SSSR count). The molecule has 3 N–H and O–H groups in total. The van der Waals surface area contributed by atoms with Crippen LogP contribution in [-0.2, 0) is 0 Å². The van der Waals surface area contributed by atoms with Crippen molar-refractivity contribution < 1.29 is 14.6 Å². The van der Waals surface area contributed by atoms with Gasteiger partial charge in [-0.1, -0.05) is 0 Å². The van der Waals surface area contributed by atoms with Crippen LogP contribution in [0.25, 0.3) is 0 Å². The molecule has 0 fully saturated rings. The Labute approximate surface area is 142 Å². The van der Waals surface area contributed by atoms with Crippen molar-refractivity contribution in [2.24, 2.45) is 5.10 Å². The number of hydrogen-bond donors (Lipinski definition) is 3. The molecule has 0 saturated carbocycles. The summed E-state index contributed by atoms with van der Waals surface area (Å²) < 4.78 is 13.7. The molecule has 0 atom stereocenters. The highest BCUT2D eigenvalue weighted by atomic mass is 79.9. The first-order valence-electron chi connectivity index (χ1n) is 6.86. The van der Waals surface area contributed by atoms with Crippen molar-refractivity contribution in [1.29, 1.82) is 0 Å². The average molecular weight is 382 g/mol.